The van der Waals surface area contributed by atoms with Crippen molar-refractivity contribution < 1.29 is 13.2 Å². The highest BCUT2D eigenvalue weighted by molar-refractivity contribution is 7.99. The van der Waals surface area contributed by atoms with Crippen LogP contribution in [0.1, 0.15) is 11.7 Å². The molecule has 0 saturated carbocycles. The highest BCUT2D eigenvalue weighted by atomic mass is 35.5. The van der Waals surface area contributed by atoms with E-state index < -0.39 is 16.1 Å². The number of aromatic nitrogens is 3. The predicted molar refractivity (Wildman–Crippen MR) is 121 cm³/mol. The molecule has 0 fully saturated rings. The first-order chi connectivity index (χ1) is 15.4. The van der Waals surface area contributed by atoms with Gasteiger partial charge in [0.05, 0.1) is 29.0 Å². The second-order valence-corrected chi connectivity index (χ2v) is 9.50. The van der Waals surface area contributed by atoms with E-state index in [1.165, 1.54) is 43.3 Å². The molecule has 0 aliphatic carbocycles. The number of nitrogens with zero attached hydrogens (tertiary/aromatic N) is 5. The molecular weight excluding hydrogens is 497 g/mol. The summed E-state index contributed by atoms with van der Waals surface area (Å²) in [7, 11) is -2.75. The zero-order valence-corrected chi connectivity index (χ0v) is 19.6. The zero-order valence-electron chi connectivity index (χ0n) is 16.4. The standard InChI is InChI=1S/C18H16Cl2N7O3S2/c1-30-18-17(26-32(28,29)14-7-4-5-11(19)16(14)20)23-9-15(24-18)31-10-13(25-27-21)12-6-2-3-8-22-12/h2-9,13,21H,10H2,1H3,(H,23,26)/q+1. The third-order valence-electron chi connectivity index (χ3n) is 3.96. The number of methoxy groups -OCH3 is 1. The number of sulfonamides is 1. The molecule has 3 rings (SSSR count). The molecular formula is C18H16Cl2N7O3S2+. The Hall–Kier alpha value is -2.76. The Balaban J connectivity index is 1.80. The van der Waals surface area contributed by atoms with E-state index in [-0.39, 0.29) is 26.6 Å². The van der Waals surface area contributed by atoms with Gasteiger partial charge in [-0.1, -0.05) is 35.3 Å². The van der Waals surface area contributed by atoms with Crippen LogP contribution in [0.25, 0.3) is 0 Å². The van der Waals surface area contributed by atoms with Crippen molar-refractivity contribution in [1.29, 1.82) is 5.53 Å². The molecule has 166 valence electrons. The summed E-state index contributed by atoms with van der Waals surface area (Å²) in [5.41, 5.74) is 7.68. The van der Waals surface area contributed by atoms with Crippen molar-refractivity contribution in [3.63, 3.8) is 0 Å². The third-order valence-corrected chi connectivity index (χ3v) is 7.25. The van der Waals surface area contributed by atoms with Crippen LogP contribution in [0.15, 0.2) is 63.8 Å². The summed E-state index contributed by atoms with van der Waals surface area (Å²) in [5, 5.41) is 4.33. The molecule has 2 heterocycles. The molecule has 1 aromatic carbocycles. The van der Waals surface area contributed by atoms with Gasteiger partial charge in [0.15, 0.2) is 6.04 Å². The van der Waals surface area contributed by atoms with Crippen LogP contribution in [-0.4, -0.2) is 36.2 Å². The lowest BCUT2D eigenvalue weighted by Gasteiger charge is -2.12. The molecule has 0 aliphatic heterocycles. The molecule has 3 aromatic rings. The van der Waals surface area contributed by atoms with Crippen LogP contribution in [-0.2, 0) is 10.0 Å². The molecule has 0 amide bonds. The minimum Gasteiger partial charge on any atom is -0.478 e. The first-order valence-corrected chi connectivity index (χ1v) is 12.1. The summed E-state index contributed by atoms with van der Waals surface area (Å²) in [6.45, 7) is 0. The van der Waals surface area contributed by atoms with Gasteiger partial charge in [-0.15, -0.1) is 11.8 Å². The molecule has 1 atom stereocenters. The van der Waals surface area contributed by atoms with Gasteiger partial charge in [0.2, 0.25) is 10.7 Å². The van der Waals surface area contributed by atoms with Crippen LogP contribution in [0.3, 0.4) is 0 Å². The van der Waals surface area contributed by atoms with Crippen molar-refractivity contribution in [3.8, 4) is 5.88 Å². The van der Waals surface area contributed by atoms with Gasteiger partial charge in [0.25, 0.3) is 15.9 Å². The number of ether oxygens (including phenoxy) is 1. The molecule has 0 saturated heterocycles. The monoisotopic (exact) mass is 512 g/mol. The zero-order chi connectivity index (χ0) is 23.1. The van der Waals surface area contributed by atoms with Gasteiger partial charge >= 0.3 is 0 Å². The molecule has 10 nitrogen and oxygen atoms in total. The van der Waals surface area contributed by atoms with Crippen LogP contribution in [0.4, 0.5) is 5.82 Å². The number of nitrogens with one attached hydrogen (secondary N) is 2. The van der Waals surface area contributed by atoms with Crippen LogP contribution in [0.5, 0.6) is 5.88 Å². The van der Waals surface area contributed by atoms with Gasteiger partial charge in [0.1, 0.15) is 20.6 Å². The summed E-state index contributed by atoms with van der Waals surface area (Å²) in [4.78, 5) is 15.6. The van der Waals surface area contributed by atoms with Crippen LogP contribution < -0.4 is 14.4 Å². The topological polar surface area (TPSA) is 144 Å². The fourth-order valence-electron chi connectivity index (χ4n) is 2.50. The van der Waals surface area contributed by atoms with Gasteiger partial charge < -0.3 is 4.74 Å². The van der Waals surface area contributed by atoms with Gasteiger partial charge in [0, 0.05) is 11.9 Å². The summed E-state index contributed by atoms with van der Waals surface area (Å²) >= 11 is 13.2. The van der Waals surface area contributed by atoms with E-state index in [1.807, 2.05) is 6.07 Å². The van der Waals surface area contributed by atoms with E-state index in [2.05, 4.69) is 29.7 Å². The lowest BCUT2D eigenvalue weighted by atomic mass is 10.2. The summed E-state index contributed by atoms with van der Waals surface area (Å²) < 4.78 is 33.0. The average molecular weight is 513 g/mol. The van der Waals surface area contributed by atoms with E-state index in [4.69, 9.17) is 33.5 Å². The Labute approximate surface area is 198 Å². The number of hydrogen-bond donors (Lipinski definition) is 2. The number of rotatable bonds is 9. The number of pyridine rings is 1. The number of halogens is 2. The van der Waals surface area contributed by atoms with Crippen molar-refractivity contribution in [2.75, 3.05) is 17.6 Å². The first-order valence-electron chi connectivity index (χ1n) is 8.84. The highest BCUT2D eigenvalue weighted by Crippen LogP contribution is 2.32. The van der Waals surface area contributed by atoms with E-state index in [0.29, 0.717) is 16.5 Å². The van der Waals surface area contributed by atoms with Gasteiger partial charge in [-0.25, -0.2) is 18.4 Å². The average Bonchev–Trinajstić information content (AvgIpc) is 2.79. The Morgan fingerprint density at radius 3 is 2.75 bits per heavy atom. The van der Waals surface area contributed by atoms with E-state index in [0.717, 1.165) is 0 Å². The molecule has 0 bridgehead atoms. The van der Waals surface area contributed by atoms with E-state index >= 15 is 0 Å². The Bertz CT molecular complexity index is 1260. The maximum Gasteiger partial charge on any atom is 0.264 e. The lowest BCUT2D eigenvalue weighted by molar-refractivity contribution is 0.394. The Morgan fingerprint density at radius 2 is 2.06 bits per heavy atom. The second-order valence-electron chi connectivity index (χ2n) is 6.02. The molecule has 0 aliphatic rings. The number of anilines is 1. The second kappa shape index (κ2) is 10.7. The number of thioether (sulfide) groups is 1. The molecule has 1 unspecified atom stereocenters. The van der Waals surface area contributed by atoms with Crippen molar-refractivity contribution in [3.05, 3.63) is 64.5 Å². The molecule has 14 heteroatoms. The lowest BCUT2D eigenvalue weighted by Crippen LogP contribution is -2.16. The minimum absolute atomic E-state index is 0.0340. The largest absolute Gasteiger partial charge is 0.478 e. The SMILES string of the molecule is COc1nc(SCC(N=[N+]=N)c2ccccn2)cnc1NS(=O)(=O)c1cccc(Cl)c1Cl. The van der Waals surface area contributed by atoms with Crippen LogP contribution >= 0.6 is 35.0 Å². The van der Waals surface area contributed by atoms with Crippen molar-refractivity contribution in [2.45, 2.75) is 16.0 Å². The van der Waals surface area contributed by atoms with Crippen LogP contribution in [0, 0.1) is 5.53 Å². The van der Waals surface area contributed by atoms with Crippen molar-refractivity contribution >= 4 is 50.8 Å². The maximum absolute atomic E-state index is 12.7. The molecule has 2 N–H and O–H groups in total. The van der Waals surface area contributed by atoms with Gasteiger partial charge in [-0.3, -0.25) is 9.71 Å². The summed E-state index contributed by atoms with van der Waals surface area (Å²) in [5.74, 6) is 0.230. The fourth-order valence-corrected chi connectivity index (χ4v) is 5.11. The predicted octanol–water partition coefficient (Wildman–Crippen LogP) is 4.37. The highest BCUT2D eigenvalue weighted by Gasteiger charge is 2.23. The quantitative estimate of drug-likeness (QED) is 0.246. The minimum atomic E-state index is -4.09. The van der Waals surface area contributed by atoms with E-state index in [1.54, 1.807) is 18.3 Å². The van der Waals surface area contributed by atoms with E-state index in [9.17, 15) is 8.42 Å². The maximum atomic E-state index is 12.7. The van der Waals surface area contributed by atoms with Gasteiger partial charge in [-0.2, -0.15) is 0 Å². The fraction of sp³-hybridized carbons (Fsp3) is 0.167. The number of benzene rings is 1. The molecule has 0 radical (unpaired) electrons. The number of hydrogen-bond acceptors (Lipinski definition) is 9. The summed E-state index contributed by atoms with van der Waals surface area (Å²) in [6.07, 6.45) is 3.01. The van der Waals surface area contributed by atoms with Crippen molar-refractivity contribution in [2.24, 2.45) is 5.11 Å². The first kappa shape index (κ1) is 23.9. The smallest absolute Gasteiger partial charge is 0.264 e. The molecule has 0 spiro atoms. The van der Waals surface area contributed by atoms with Gasteiger partial charge in [-0.05, 0) is 24.3 Å². The Morgan fingerprint density at radius 1 is 1.25 bits per heavy atom. The van der Waals surface area contributed by atoms with Crippen molar-refractivity contribution in [1.82, 2.24) is 19.9 Å². The normalized spacial score (nSPS) is 12.0. The third kappa shape index (κ3) is 5.72. The molecule has 32 heavy (non-hydrogen) atoms. The molecule has 2 aromatic heterocycles. The Kier molecular flexibility index (Phi) is 7.99. The van der Waals surface area contributed by atoms with Crippen LogP contribution in [0.2, 0.25) is 10.0 Å². The summed E-state index contributed by atoms with van der Waals surface area (Å²) in [6, 6.07) is 9.18.